The van der Waals surface area contributed by atoms with E-state index in [2.05, 4.69) is 19.2 Å². The Morgan fingerprint density at radius 1 is 1.22 bits per heavy atom. The Hall–Kier alpha value is -0.960. The predicted molar refractivity (Wildman–Crippen MR) is 70.0 cm³/mol. The molecule has 0 bridgehead atoms. The van der Waals surface area contributed by atoms with Crippen molar-refractivity contribution in [2.45, 2.75) is 45.1 Å². The van der Waals surface area contributed by atoms with Gasteiger partial charge < -0.3 is 5.32 Å². The van der Waals surface area contributed by atoms with E-state index in [1.54, 1.807) is 12.1 Å². The van der Waals surface area contributed by atoms with Crippen LogP contribution in [0.3, 0.4) is 0 Å². The second-order valence-electron chi connectivity index (χ2n) is 5.55. The quantitative estimate of drug-likeness (QED) is 0.851. The van der Waals surface area contributed by atoms with E-state index in [-0.39, 0.29) is 5.56 Å². The minimum Gasteiger partial charge on any atom is -0.313 e. The topological polar surface area (TPSA) is 12.0 Å². The zero-order valence-electron chi connectivity index (χ0n) is 11.0. The van der Waals surface area contributed by atoms with Gasteiger partial charge in [-0.1, -0.05) is 38.1 Å². The lowest BCUT2D eigenvalue weighted by Gasteiger charge is -2.22. The number of rotatable bonds is 4. The molecule has 0 saturated carbocycles. The summed E-state index contributed by atoms with van der Waals surface area (Å²) in [5.41, 5.74) is 1.31. The Morgan fingerprint density at radius 3 is 2.44 bits per heavy atom. The number of hydrogen-bond donors (Lipinski definition) is 1. The molecule has 1 saturated heterocycles. The first-order chi connectivity index (χ1) is 8.58. The lowest BCUT2D eigenvalue weighted by molar-refractivity contribution is 0.151. The summed E-state index contributed by atoms with van der Waals surface area (Å²) in [5.74, 6) is 1.13. The summed E-state index contributed by atoms with van der Waals surface area (Å²) >= 11 is 0. The summed E-state index contributed by atoms with van der Waals surface area (Å²) in [4.78, 5) is 0. The van der Waals surface area contributed by atoms with E-state index in [0.717, 1.165) is 19.4 Å². The van der Waals surface area contributed by atoms with Gasteiger partial charge in [0.1, 0.15) is 0 Å². The van der Waals surface area contributed by atoms with Gasteiger partial charge in [0.05, 0.1) is 0 Å². The van der Waals surface area contributed by atoms with Gasteiger partial charge in [-0.25, -0.2) is 8.78 Å². The number of benzene rings is 1. The van der Waals surface area contributed by atoms with Crippen molar-refractivity contribution in [3.8, 4) is 0 Å². The van der Waals surface area contributed by atoms with Gasteiger partial charge in [-0.3, -0.25) is 0 Å². The van der Waals surface area contributed by atoms with Crippen molar-refractivity contribution in [2.75, 3.05) is 6.54 Å². The SMILES string of the molecule is CC(C)CC1NCCC1c1ccc(C(F)F)cc1. The van der Waals surface area contributed by atoms with Crippen molar-refractivity contribution < 1.29 is 8.78 Å². The van der Waals surface area contributed by atoms with Crippen LogP contribution in [0.5, 0.6) is 0 Å². The molecule has 0 spiro atoms. The number of alkyl halides is 2. The molecule has 100 valence electrons. The highest BCUT2D eigenvalue weighted by molar-refractivity contribution is 5.28. The lowest BCUT2D eigenvalue weighted by Crippen LogP contribution is -2.27. The Labute approximate surface area is 108 Å². The first-order valence-corrected chi connectivity index (χ1v) is 6.69. The molecule has 0 amide bonds. The molecule has 2 rings (SSSR count). The Kier molecular flexibility index (Phi) is 4.33. The van der Waals surface area contributed by atoms with Crippen molar-refractivity contribution in [2.24, 2.45) is 5.92 Å². The van der Waals surface area contributed by atoms with Gasteiger partial charge in [0, 0.05) is 17.5 Å². The van der Waals surface area contributed by atoms with Crippen molar-refractivity contribution in [1.82, 2.24) is 5.32 Å². The van der Waals surface area contributed by atoms with Gasteiger partial charge in [-0.2, -0.15) is 0 Å². The second-order valence-corrected chi connectivity index (χ2v) is 5.55. The second kappa shape index (κ2) is 5.79. The van der Waals surface area contributed by atoms with E-state index in [9.17, 15) is 8.78 Å². The van der Waals surface area contributed by atoms with E-state index in [1.165, 1.54) is 5.56 Å². The third kappa shape index (κ3) is 3.08. The highest BCUT2D eigenvalue weighted by atomic mass is 19.3. The summed E-state index contributed by atoms with van der Waals surface area (Å²) in [6.07, 6.45) is -0.126. The molecule has 0 aliphatic carbocycles. The first kappa shape index (κ1) is 13.5. The zero-order chi connectivity index (χ0) is 13.1. The average Bonchev–Trinajstić information content (AvgIpc) is 2.76. The predicted octanol–water partition coefficient (Wildman–Crippen LogP) is 4.12. The van der Waals surface area contributed by atoms with Crippen LogP contribution in [0.25, 0.3) is 0 Å². The van der Waals surface area contributed by atoms with Gasteiger partial charge in [0.2, 0.25) is 0 Å². The highest BCUT2D eigenvalue weighted by Crippen LogP contribution is 2.32. The molecule has 1 aliphatic heterocycles. The van der Waals surface area contributed by atoms with Crippen molar-refractivity contribution in [1.29, 1.82) is 0 Å². The largest absolute Gasteiger partial charge is 0.313 e. The molecule has 1 fully saturated rings. The standard InChI is InChI=1S/C15H21F2N/c1-10(2)9-14-13(7-8-18-14)11-3-5-12(6-4-11)15(16)17/h3-6,10,13-15,18H,7-9H2,1-2H3. The fourth-order valence-electron chi connectivity index (χ4n) is 2.81. The molecular formula is C15H21F2N. The lowest BCUT2D eigenvalue weighted by atomic mass is 9.87. The van der Waals surface area contributed by atoms with Crippen LogP contribution in [-0.2, 0) is 0 Å². The molecule has 1 N–H and O–H groups in total. The fraction of sp³-hybridized carbons (Fsp3) is 0.600. The van der Waals surface area contributed by atoms with Crippen LogP contribution in [0.4, 0.5) is 8.78 Å². The molecule has 1 aromatic rings. The van der Waals surface area contributed by atoms with Gasteiger partial charge >= 0.3 is 0 Å². The Balaban J connectivity index is 2.10. The summed E-state index contributed by atoms with van der Waals surface area (Å²) < 4.78 is 25.0. The van der Waals surface area contributed by atoms with E-state index >= 15 is 0 Å². The van der Waals surface area contributed by atoms with Gasteiger partial charge in [-0.05, 0) is 30.9 Å². The van der Waals surface area contributed by atoms with Crippen LogP contribution in [-0.4, -0.2) is 12.6 Å². The summed E-state index contributed by atoms with van der Waals surface area (Å²) in [6, 6.07) is 7.34. The first-order valence-electron chi connectivity index (χ1n) is 6.69. The van der Waals surface area contributed by atoms with Crippen LogP contribution in [0.1, 0.15) is 50.2 Å². The van der Waals surface area contributed by atoms with E-state index in [4.69, 9.17) is 0 Å². The van der Waals surface area contributed by atoms with Crippen molar-refractivity contribution in [3.63, 3.8) is 0 Å². The van der Waals surface area contributed by atoms with Crippen molar-refractivity contribution in [3.05, 3.63) is 35.4 Å². The summed E-state index contributed by atoms with van der Waals surface area (Å²) in [7, 11) is 0. The van der Waals surface area contributed by atoms with Crippen LogP contribution in [0.15, 0.2) is 24.3 Å². The molecule has 18 heavy (non-hydrogen) atoms. The molecule has 1 aromatic carbocycles. The van der Waals surface area contributed by atoms with E-state index in [0.29, 0.717) is 17.9 Å². The maximum atomic E-state index is 12.5. The van der Waals surface area contributed by atoms with Gasteiger partial charge in [0.15, 0.2) is 0 Å². The van der Waals surface area contributed by atoms with Crippen LogP contribution in [0.2, 0.25) is 0 Å². The monoisotopic (exact) mass is 253 g/mol. The Bertz CT molecular complexity index is 373. The highest BCUT2D eigenvalue weighted by Gasteiger charge is 2.28. The number of nitrogens with one attached hydrogen (secondary N) is 1. The minimum atomic E-state index is -2.37. The molecule has 1 nitrogen and oxygen atoms in total. The molecule has 3 heteroatoms. The molecule has 0 radical (unpaired) electrons. The number of halogens is 2. The summed E-state index contributed by atoms with van der Waals surface area (Å²) in [6.45, 7) is 5.46. The van der Waals surface area contributed by atoms with E-state index < -0.39 is 6.43 Å². The minimum absolute atomic E-state index is 0.116. The average molecular weight is 253 g/mol. The third-order valence-electron chi connectivity index (χ3n) is 3.69. The van der Waals surface area contributed by atoms with Gasteiger partial charge in [-0.15, -0.1) is 0 Å². The third-order valence-corrected chi connectivity index (χ3v) is 3.69. The maximum absolute atomic E-state index is 12.5. The van der Waals surface area contributed by atoms with E-state index in [1.807, 2.05) is 12.1 Å². The molecule has 1 aliphatic rings. The van der Waals surface area contributed by atoms with Crippen LogP contribution in [0, 0.1) is 5.92 Å². The zero-order valence-corrected chi connectivity index (χ0v) is 11.0. The van der Waals surface area contributed by atoms with Crippen LogP contribution < -0.4 is 5.32 Å². The number of hydrogen-bond acceptors (Lipinski definition) is 1. The normalized spacial score (nSPS) is 24.1. The Morgan fingerprint density at radius 2 is 1.89 bits per heavy atom. The fourth-order valence-corrected chi connectivity index (χ4v) is 2.81. The van der Waals surface area contributed by atoms with Gasteiger partial charge in [0.25, 0.3) is 6.43 Å². The molecule has 1 heterocycles. The summed E-state index contributed by atoms with van der Waals surface area (Å²) in [5, 5.41) is 3.53. The van der Waals surface area contributed by atoms with Crippen molar-refractivity contribution >= 4 is 0 Å². The smallest absolute Gasteiger partial charge is 0.263 e. The molecular weight excluding hydrogens is 232 g/mol. The molecule has 2 unspecified atom stereocenters. The molecule has 0 aromatic heterocycles. The van der Waals surface area contributed by atoms with Crippen LogP contribution >= 0.6 is 0 Å². The maximum Gasteiger partial charge on any atom is 0.263 e. The molecule has 2 atom stereocenters.